The molecule has 2 rings (SSSR count). The van der Waals surface area contributed by atoms with Crippen molar-refractivity contribution in [1.82, 2.24) is 19.7 Å². The average molecular weight is 193 g/mol. The second-order valence-electron chi connectivity index (χ2n) is 2.78. The van der Waals surface area contributed by atoms with Crippen LogP contribution in [0.1, 0.15) is 5.69 Å². The smallest absolute Gasteiger partial charge is 0.193 e. The van der Waals surface area contributed by atoms with Crippen LogP contribution in [0.4, 0.5) is 10.2 Å². The Hall–Kier alpha value is -1.98. The van der Waals surface area contributed by atoms with E-state index >= 15 is 0 Å². The molecule has 6 heteroatoms. The number of anilines is 1. The number of aromatic nitrogens is 4. The van der Waals surface area contributed by atoms with Crippen molar-refractivity contribution < 1.29 is 4.39 Å². The lowest BCUT2D eigenvalue weighted by Gasteiger charge is -2.02. The maximum atomic E-state index is 13.5. The lowest BCUT2D eigenvalue weighted by molar-refractivity contribution is 0.582. The van der Waals surface area contributed by atoms with Crippen molar-refractivity contribution in [2.75, 3.05) is 5.73 Å². The molecule has 0 unspecified atom stereocenters. The second-order valence-corrected chi connectivity index (χ2v) is 2.78. The van der Waals surface area contributed by atoms with Crippen molar-refractivity contribution >= 4 is 5.82 Å². The number of nitrogens with two attached hydrogens (primary N) is 1. The van der Waals surface area contributed by atoms with E-state index < -0.39 is 5.82 Å². The van der Waals surface area contributed by atoms with Crippen molar-refractivity contribution in [2.45, 2.75) is 6.92 Å². The van der Waals surface area contributed by atoms with Crippen LogP contribution in [0.3, 0.4) is 0 Å². The lowest BCUT2D eigenvalue weighted by atomic mass is 10.4. The van der Waals surface area contributed by atoms with E-state index in [2.05, 4.69) is 15.1 Å². The first-order valence-corrected chi connectivity index (χ1v) is 3.97. The van der Waals surface area contributed by atoms with Gasteiger partial charge in [-0.15, -0.1) is 5.10 Å². The number of hydrogen-bond acceptors (Lipinski definition) is 4. The third-order valence-electron chi connectivity index (χ3n) is 1.77. The molecule has 14 heavy (non-hydrogen) atoms. The van der Waals surface area contributed by atoms with Crippen molar-refractivity contribution in [3.63, 3.8) is 0 Å². The van der Waals surface area contributed by atoms with Crippen molar-refractivity contribution in [1.29, 1.82) is 0 Å². The zero-order valence-electron chi connectivity index (χ0n) is 7.48. The summed E-state index contributed by atoms with van der Waals surface area (Å²) >= 11 is 0. The Labute approximate surface area is 79.4 Å². The van der Waals surface area contributed by atoms with Gasteiger partial charge in [0, 0.05) is 12.3 Å². The van der Waals surface area contributed by atoms with Gasteiger partial charge in [-0.05, 0) is 6.92 Å². The summed E-state index contributed by atoms with van der Waals surface area (Å²) in [7, 11) is 0. The molecule has 0 aliphatic rings. The Kier molecular flexibility index (Phi) is 1.88. The quantitative estimate of drug-likeness (QED) is 0.723. The summed E-state index contributed by atoms with van der Waals surface area (Å²) in [6, 6.07) is 1.57. The van der Waals surface area contributed by atoms with Crippen LogP contribution in [0, 0.1) is 12.7 Å². The fraction of sp³-hybridized carbons (Fsp3) is 0.125. The molecule has 0 radical (unpaired) electrons. The first kappa shape index (κ1) is 8.61. The third-order valence-corrected chi connectivity index (χ3v) is 1.77. The number of aryl methyl sites for hydroxylation is 1. The minimum absolute atomic E-state index is 0.106. The molecule has 2 N–H and O–H groups in total. The molecule has 0 aromatic carbocycles. The number of nitrogen functional groups attached to an aromatic ring is 1. The molecule has 0 saturated carbocycles. The molecule has 0 aliphatic heterocycles. The van der Waals surface area contributed by atoms with Gasteiger partial charge in [-0.2, -0.15) is 0 Å². The van der Waals surface area contributed by atoms with Gasteiger partial charge in [0.2, 0.25) is 0 Å². The highest BCUT2D eigenvalue weighted by molar-refractivity contribution is 5.31. The van der Waals surface area contributed by atoms with Gasteiger partial charge in [0.1, 0.15) is 12.1 Å². The van der Waals surface area contributed by atoms with E-state index in [1.54, 1.807) is 19.2 Å². The Bertz CT molecular complexity index is 465. The fourth-order valence-corrected chi connectivity index (χ4v) is 1.06. The van der Waals surface area contributed by atoms with Gasteiger partial charge < -0.3 is 5.73 Å². The van der Waals surface area contributed by atoms with Crippen LogP contribution in [-0.4, -0.2) is 19.7 Å². The summed E-state index contributed by atoms with van der Waals surface area (Å²) in [5, 5.41) is 3.85. The minimum Gasteiger partial charge on any atom is -0.382 e. The molecule has 0 bridgehead atoms. The van der Waals surface area contributed by atoms with Crippen molar-refractivity contribution in [3.05, 3.63) is 30.1 Å². The maximum Gasteiger partial charge on any atom is 0.193 e. The molecule has 2 heterocycles. The Morgan fingerprint density at radius 1 is 1.43 bits per heavy atom. The van der Waals surface area contributed by atoms with E-state index in [4.69, 9.17) is 5.73 Å². The third kappa shape index (κ3) is 1.30. The van der Waals surface area contributed by atoms with Gasteiger partial charge in [0.05, 0.1) is 5.69 Å². The van der Waals surface area contributed by atoms with E-state index in [1.807, 2.05) is 0 Å². The number of nitrogens with zero attached hydrogens (tertiary/aromatic N) is 4. The molecule has 5 nitrogen and oxygen atoms in total. The van der Waals surface area contributed by atoms with E-state index in [0.717, 1.165) is 0 Å². The van der Waals surface area contributed by atoms with Gasteiger partial charge in [-0.1, -0.05) is 0 Å². The van der Waals surface area contributed by atoms with Crippen molar-refractivity contribution in [3.8, 4) is 5.82 Å². The SMILES string of the molecule is Cc1ncnc(-n2ccc(N)n2)c1F. The van der Waals surface area contributed by atoms with Crippen LogP contribution < -0.4 is 5.73 Å². The molecular formula is C8H8FN5. The lowest BCUT2D eigenvalue weighted by Crippen LogP contribution is -2.05. The van der Waals surface area contributed by atoms with Gasteiger partial charge >= 0.3 is 0 Å². The van der Waals surface area contributed by atoms with Crippen LogP contribution in [0.5, 0.6) is 0 Å². The first-order chi connectivity index (χ1) is 6.68. The van der Waals surface area contributed by atoms with Crippen LogP contribution >= 0.6 is 0 Å². The highest BCUT2D eigenvalue weighted by Crippen LogP contribution is 2.11. The second kappa shape index (κ2) is 3.06. The molecular weight excluding hydrogens is 185 g/mol. The largest absolute Gasteiger partial charge is 0.382 e. The Morgan fingerprint density at radius 3 is 2.86 bits per heavy atom. The normalized spacial score (nSPS) is 10.4. The molecule has 0 amide bonds. The van der Waals surface area contributed by atoms with Crippen LogP contribution in [0.25, 0.3) is 5.82 Å². The Balaban J connectivity index is 2.57. The molecule has 0 fully saturated rings. The Morgan fingerprint density at radius 2 is 2.21 bits per heavy atom. The standard InChI is InChI=1S/C8H8FN5/c1-5-7(9)8(12-4-11-5)14-3-2-6(10)13-14/h2-4H,1H3,(H2,10,13). The summed E-state index contributed by atoms with van der Waals surface area (Å²) in [4.78, 5) is 7.49. The summed E-state index contributed by atoms with van der Waals surface area (Å²) in [6.07, 6.45) is 2.83. The topological polar surface area (TPSA) is 69.6 Å². The van der Waals surface area contributed by atoms with Crippen LogP contribution in [0.2, 0.25) is 0 Å². The van der Waals surface area contributed by atoms with Crippen molar-refractivity contribution in [2.24, 2.45) is 0 Å². The monoisotopic (exact) mass is 193 g/mol. The number of hydrogen-bond donors (Lipinski definition) is 1. The average Bonchev–Trinajstić information content (AvgIpc) is 2.57. The zero-order valence-corrected chi connectivity index (χ0v) is 7.48. The van der Waals surface area contributed by atoms with Crippen LogP contribution in [-0.2, 0) is 0 Å². The summed E-state index contributed by atoms with van der Waals surface area (Å²) in [6.45, 7) is 1.56. The van der Waals surface area contributed by atoms with E-state index in [9.17, 15) is 4.39 Å². The van der Waals surface area contributed by atoms with Crippen LogP contribution in [0.15, 0.2) is 18.6 Å². The van der Waals surface area contributed by atoms with Gasteiger partial charge in [0.15, 0.2) is 11.6 Å². The summed E-state index contributed by atoms with van der Waals surface area (Å²) < 4.78 is 14.7. The maximum absolute atomic E-state index is 13.5. The number of rotatable bonds is 1. The van der Waals surface area contributed by atoms with Gasteiger partial charge in [-0.25, -0.2) is 19.0 Å². The molecule has 0 atom stereocenters. The molecule has 2 aromatic heterocycles. The molecule has 0 aliphatic carbocycles. The van der Waals surface area contributed by atoms with E-state index in [0.29, 0.717) is 5.82 Å². The minimum atomic E-state index is -0.490. The highest BCUT2D eigenvalue weighted by Gasteiger charge is 2.09. The first-order valence-electron chi connectivity index (χ1n) is 3.97. The fourth-order valence-electron chi connectivity index (χ4n) is 1.06. The molecule has 72 valence electrons. The number of halogens is 1. The molecule has 0 spiro atoms. The predicted octanol–water partition coefficient (Wildman–Crippen LogP) is 0.692. The van der Waals surface area contributed by atoms with E-state index in [-0.39, 0.29) is 11.5 Å². The molecule has 2 aromatic rings. The van der Waals surface area contributed by atoms with E-state index in [1.165, 1.54) is 11.0 Å². The van der Waals surface area contributed by atoms with Gasteiger partial charge in [-0.3, -0.25) is 0 Å². The summed E-state index contributed by atoms with van der Waals surface area (Å²) in [5.41, 5.74) is 5.69. The molecule has 0 saturated heterocycles. The zero-order chi connectivity index (χ0) is 10.1. The van der Waals surface area contributed by atoms with Gasteiger partial charge in [0.25, 0.3) is 0 Å². The summed E-state index contributed by atoms with van der Waals surface area (Å²) in [5.74, 6) is -0.0644. The highest BCUT2D eigenvalue weighted by atomic mass is 19.1. The predicted molar refractivity (Wildman–Crippen MR) is 48.3 cm³/mol.